The second-order valence-corrected chi connectivity index (χ2v) is 9.82. The van der Waals surface area contributed by atoms with Gasteiger partial charge in [0.25, 0.3) is 10.0 Å². The van der Waals surface area contributed by atoms with E-state index in [-0.39, 0.29) is 11.4 Å². The Balaban J connectivity index is 1.85. The number of aryl methyl sites for hydroxylation is 2. The Morgan fingerprint density at radius 3 is 2.22 bits per heavy atom. The lowest BCUT2D eigenvalue weighted by atomic mass is 10.3. The minimum absolute atomic E-state index is 0.239. The molecule has 7 nitrogen and oxygen atoms in total. The second kappa shape index (κ2) is 8.36. The third-order valence-corrected chi connectivity index (χ3v) is 7.50. The predicted octanol–water partition coefficient (Wildman–Crippen LogP) is 3.98. The number of rotatable bonds is 6. The van der Waals surface area contributed by atoms with Crippen LogP contribution in [0.2, 0.25) is 0 Å². The molecule has 1 aromatic heterocycles. The molecule has 0 saturated carbocycles. The van der Waals surface area contributed by atoms with Gasteiger partial charge in [-0.05, 0) is 48.5 Å². The third-order valence-electron chi connectivity index (χ3n) is 5.03. The molecule has 0 spiro atoms. The molecule has 0 aliphatic heterocycles. The molecule has 0 fully saturated rings. The molecule has 4 rings (SSSR count). The fourth-order valence-corrected chi connectivity index (χ4v) is 5.46. The van der Waals surface area contributed by atoms with Gasteiger partial charge in [-0.25, -0.2) is 17.6 Å². The molecule has 0 atom stereocenters. The predicted molar refractivity (Wildman–Crippen MR) is 122 cm³/mol. The van der Waals surface area contributed by atoms with E-state index in [2.05, 4.69) is 4.72 Å². The average molecular weight is 474 g/mol. The lowest BCUT2D eigenvalue weighted by molar-refractivity contribution is 0.414. The first-order chi connectivity index (χ1) is 15.2. The molecule has 1 heterocycles. The van der Waals surface area contributed by atoms with Gasteiger partial charge in [-0.15, -0.1) is 0 Å². The van der Waals surface area contributed by atoms with Gasteiger partial charge in [0.1, 0.15) is 16.5 Å². The molecule has 0 radical (unpaired) electrons. The third kappa shape index (κ3) is 3.98. The van der Waals surface area contributed by atoms with Gasteiger partial charge in [0.2, 0.25) is 0 Å². The highest BCUT2D eigenvalue weighted by molar-refractivity contribution is 7.99. The van der Waals surface area contributed by atoms with Crippen molar-refractivity contribution < 1.29 is 17.5 Å². The maximum atomic E-state index is 14.2. The lowest BCUT2D eigenvalue weighted by Crippen LogP contribution is -2.19. The van der Waals surface area contributed by atoms with Crippen LogP contribution >= 0.6 is 11.8 Å². The summed E-state index contributed by atoms with van der Waals surface area (Å²) in [6.45, 7) is 0. The van der Waals surface area contributed by atoms with Gasteiger partial charge in [-0.2, -0.15) is 0 Å². The molecule has 10 heteroatoms. The number of halogens is 1. The number of nitrogens with zero attached hydrogens (tertiary/aromatic N) is 2. The number of methoxy groups -OCH3 is 1. The van der Waals surface area contributed by atoms with Crippen LogP contribution < -0.4 is 15.1 Å². The number of imidazole rings is 1. The van der Waals surface area contributed by atoms with E-state index in [0.29, 0.717) is 21.7 Å². The number of ether oxygens (including phenoxy) is 1. The van der Waals surface area contributed by atoms with Gasteiger partial charge in [-0.1, -0.05) is 23.9 Å². The summed E-state index contributed by atoms with van der Waals surface area (Å²) >= 11 is 1.31. The van der Waals surface area contributed by atoms with Crippen LogP contribution in [0.4, 0.5) is 10.1 Å². The lowest BCUT2D eigenvalue weighted by Gasteiger charge is -2.14. The zero-order valence-electron chi connectivity index (χ0n) is 17.5. The largest absolute Gasteiger partial charge is 0.497 e. The number of fused-ring (bicyclic) bond motifs is 1. The molecule has 0 amide bonds. The summed E-state index contributed by atoms with van der Waals surface area (Å²) in [7, 11) is 0.620. The standard InChI is InChI=1S/C22H20FN3O4S2/c1-25-18-12-17(24-32(28,29)21-7-5-4-6-16(21)23)20(13-19(18)26(2)22(25)27)31-15-10-8-14(30-3)9-11-15/h4-13,24H,1-3H3. The van der Waals surface area contributed by atoms with Crippen LogP contribution in [0.25, 0.3) is 11.0 Å². The van der Waals surface area contributed by atoms with Crippen LogP contribution in [0.3, 0.4) is 0 Å². The van der Waals surface area contributed by atoms with Crippen LogP contribution in [-0.4, -0.2) is 24.7 Å². The van der Waals surface area contributed by atoms with E-state index in [4.69, 9.17) is 4.74 Å². The molecule has 1 N–H and O–H groups in total. The van der Waals surface area contributed by atoms with Crippen molar-refractivity contribution in [2.75, 3.05) is 11.8 Å². The highest BCUT2D eigenvalue weighted by Gasteiger charge is 2.22. The Labute approximate surface area is 188 Å². The van der Waals surface area contributed by atoms with Crippen molar-refractivity contribution in [3.05, 3.63) is 77.0 Å². The van der Waals surface area contributed by atoms with E-state index in [9.17, 15) is 17.6 Å². The van der Waals surface area contributed by atoms with E-state index in [0.717, 1.165) is 11.0 Å². The second-order valence-electron chi connectivity index (χ2n) is 7.05. The molecule has 32 heavy (non-hydrogen) atoms. The molecule has 0 saturated heterocycles. The van der Waals surface area contributed by atoms with Gasteiger partial charge < -0.3 is 4.74 Å². The Hall–Kier alpha value is -3.24. The van der Waals surface area contributed by atoms with Crippen molar-refractivity contribution >= 4 is 38.5 Å². The normalized spacial score (nSPS) is 11.6. The monoisotopic (exact) mass is 473 g/mol. The smallest absolute Gasteiger partial charge is 0.328 e. The maximum absolute atomic E-state index is 14.2. The van der Waals surface area contributed by atoms with E-state index in [1.807, 2.05) is 12.1 Å². The summed E-state index contributed by atoms with van der Waals surface area (Å²) in [4.78, 5) is 13.3. The fourth-order valence-electron chi connectivity index (χ4n) is 3.32. The van der Waals surface area contributed by atoms with Gasteiger partial charge in [-0.3, -0.25) is 13.9 Å². The number of anilines is 1. The molecule has 166 valence electrons. The SMILES string of the molecule is COc1ccc(Sc2cc3c(cc2NS(=O)(=O)c2ccccc2F)n(C)c(=O)n3C)cc1. The van der Waals surface area contributed by atoms with Crippen molar-refractivity contribution in [1.82, 2.24) is 9.13 Å². The number of aromatic nitrogens is 2. The van der Waals surface area contributed by atoms with Crippen molar-refractivity contribution in [2.24, 2.45) is 14.1 Å². The first kappa shape index (κ1) is 22.0. The first-order valence-corrected chi connectivity index (χ1v) is 11.8. The highest BCUT2D eigenvalue weighted by atomic mass is 32.2. The van der Waals surface area contributed by atoms with Gasteiger partial charge in [0, 0.05) is 23.9 Å². The Kier molecular flexibility index (Phi) is 5.74. The topological polar surface area (TPSA) is 82.3 Å². The quantitative estimate of drug-likeness (QED) is 0.458. The van der Waals surface area contributed by atoms with Gasteiger partial charge >= 0.3 is 5.69 Å². The number of hydrogen-bond donors (Lipinski definition) is 1. The zero-order valence-corrected chi connectivity index (χ0v) is 19.1. The van der Waals surface area contributed by atoms with Crippen LogP contribution in [0, 0.1) is 5.82 Å². The van der Waals surface area contributed by atoms with Crippen molar-refractivity contribution in [2.45, 2.75) is 14.7 Å². The molecule has 0 unspecified atom stereocenters. The summed E-state index contributed by atoms with van der Waals surface area (Å²) in [5.74, 6) is -0.159. The first-order valence-electron chi connectivity index (χ1n) is 9.50. The molecule has 0 bridgehead atoms. The van der Waals surface area contributed by atoms with E-state index < -0.39 is 20.7 Å². The molecule has 0 aliphatic carbocycles. The molecule has 4 aromatic rings. The summed E-state index contributed by atoms with van der Waals surface area (Å²) in [6.07, 6.45) is 0. The fraction of sp³-hybridized carbons (Fsp3) is 0.136. The van der Waals surface area contributed by atoms with Crippen molar-refractivity contribution in [1.29, 1.82) is 0 Å². The van der Waals surface area contributed by atoms with E-state index >= 15 is 0 Å². The summed E-state index contributed by atoms with van der Waals surface area (Å²) < 4.78 is 50.7. The highest BCUT2D eigenvalue weighted by Crippen LogP contribution is 2.38. The Morgan fingerprint density at radius 2 is 1.59 bits per heavy atom. The molecule has 0 aliphatic rings. The molecular formula is C22H20FN3O4S2. The number of hydrogen-bond acceptors (Lipinski definition) is 5. The maximum Gasteiger partial charge on any atom is 0.328 e. The summed E-state index contributed by atoms with van der Waals surface area (Å²) in [5, 5.41) is 0. The minimum Gasteiger partial charge on any atom is -0.497 e. The van der Waals surface area contributed by atoms with Crippen molar-refractivity contribution in [3.63, 3.8) is 0 Å². The number of sulfonamides is 1. The van der Waals surface area contributed by atoms with Crippen LogP contribution in [-0.2, 0) is 24.1 Å². The van der Waals surface area contributed by atoms with Gasteiger partial charge in [0.15, 0.2) is 0 Å². The molecule has 3 aromatic carbocycles. The minimum atomic E-state index is -4.21. The van der Waals surface area contributed by atoms with Crippen LogP contribution in [0.15, 0.2) is 80.1 Å². The van der Waals surface area contributed by atoms with Gasteiger partial charge in [0.05, 0.1) is 23.8 Å². The van der Waals surface area contributed by atoms with Crippen LogP contribution in [0.1, 0.15) is 0 Å². The van der Waals surface area contributed by atoms with E-state index in [1.165, 1.54) is 39.1 Å². The zero-order chi connectivity index (χ0) is 23.0. The van der Waals surface area contributed by atoms with E-state index in [1.54, 1.807) is 45.5 Å². The van der Waals surface area contributed by atoms with Crippen molar-refractivity contribution in [3.8, 4) is 5.75 Å². The van der Waals surface area contributed by atoms with Crippen LogP contribution in [0.5, 0.6) is 5.75 Å². The number of nitrogens with one attached hydrogen (secondary N) is 1. The summed E-state index contributed by atoms with van der Waals surface area (Å²) in [5.41, 5.74) is 1.18. The average Bonchev–Trinajstić information content (AvgIpc) is 2.98. The Bertz CT molecular complexity index is 1480. The summed E-state index contributed by atoms with van der Waals surface area (Å²) in [6, 6.07) is 15.8. The molecular weight excluding hydrogens is 453 g/mol. The Morgan fingerprint density at radius 1 is 0.969 bits per heavy atom. The number of benzene rings is 3.